The van der Waals surface area contributed by atoms with Crippen LogP contribution >= 0.6 is 11.3 Å². The van der Waals surface area contributed by atoms with Gasteiger partial charge in [-0.2, -0.15) is 4.99 Å². The molecule has 0 radical (unpaired) electrons. The van der Waals surface area contributed by atoms with E-state index in [2.05, 4.69) is 4.99 Å². The number of hydrogen-bond donors (Lipinski definition) is 0. The van der Waals surface area contributed by atoms with Crippen molar-refractivity contribution in [3.8, 4) is 5.75 Å². The average molecular weight is 370 g/mol. The second-order valence-corrected chi connectivity index (χ2v) is 6.59. The van der Waals surface area contributed by atoms with Crippen molar-refractivity contribution in [2.75, 3.05) is 19.8 Å². The number of carbonyl (C=O) groups is 1. The molecular formula is C20H22N2O3S. The van der Waals surface area contributed by atoms with Crippen LogP contribution in [-0.2, 0) is 11.3 Å². The van der Waals surface area contributed by atoms with Gasteiger partial charge in [-0.25, -0.2) is 0 Å². The predicted molar refractivity (Wildman–Crippen MR) is 104 cm³/mol. The summed E-state index contributed by atoms with van der Waals surface area (Å²) in [7, 11) is 0. The summed E-state index contributed by atoms with van der Waals surface area (Å²) < 4.78 is 14.2. The van der Waals surface area contributed by atoms with Crippen molar-refractivity contribution in [2.45, 2.75) is 20.4 Å². The van der Waals surface area contributed by atoms with E-state index in [9.17, 15) is 4.79 Å². The van der Waals surface area contributed by atoms with E-state index in [1.165, 1.54) is 11.3 Å². The Bertz CT molecular complexity index is 945. The van der Waals surface area contributed by atoms with Gasteiger partial charge in [-0.05, 0) is 44.2 Å². The van der Waals surface area contributed by atoms with E-state index in [4.69, 9.17) is 9.47 Å². The molecule has 0 unspecified atom stereocenters. The van der Waals surface area contributed by atoms with Crippen molar-refractivity contribution >= 4 is 27.5 Å². The van der Waals surface area contributed by atoms with Crippen molar-refractivity contribution in [1.29, 1.82) is 0 Å². The van der Waals surface area contributed by atoms with Gasteiger partial charge in [0.15, 0.2) is 4.80 Å². The Hall–Kier alpha value is -2.44. The summed E-state index contributed by atoms with van der Waals surface area (Å²) in [6.45, 7) is 6.41. The highest BCUT2D eigenvalue weighted by Gasteiger charge is 2.10. The molecule has 136 valence electrons. The van der Waals surface area contributed by atoms with Crippen LogP contribution in [0.15, 0.2) is 53.5 Å². The van der Waals surface area contributed by atoms with Gasteiger partial charge in [0.1, 0.15) is 5.75 Å². The van der Waals surface area contributed by atoms with Crippen LogP contribution in [0.25, 0.3) is 10.2 Å². The third-order valence-corrected chi connectivity index (χ3v) is 4.89. The van der Waals surface area contributed by atoms with Gasteiger partial charge < -0.3 is 14.0 Å². The van der Waals surface area contributed by atoms with Crippen LogP contribution in [0, 0.1) is 0 Å². The Morgan fingerprint density at radius 1 is 1.12 bits per heavy atom. The Labute approximate surface area is 156 Å². The second-order valence-electron chi connectivity index (χ2n) is 5.58. The summed E-state index contributed by atoms with van der Waals surface area (Å²) >= 11 is 1.48. The molecule has 0 atom stereocenters. The molecule has 0 bridgehead atoms. The van der Waals surface area contributed by atoms with Crippen LogP contribution in [0.4, 0.5) is 0 Å². The largest absolute Gasteiger partial charge is 0.494 e. The molecule has 0 saturated heterocycles. The summed E-state index contributed by atoms with van der Waals surface area (Å²) in [5.74, 6) is 0.575. The molecule has 0 aliphatic carbocycles. The van der Waals surface area contributed by atoms with Gasteiger partial charge >= 0.3 is 0 Å². The molecule has 1 heterocycles. The summed E-state index contributed by atoms with van der Waals surface area (Å²) in [6.07, 6.45) is 0. The number of rotatable bonds is 7. The van der Waals surface area contributed by atoms with Crippen LogP contribution in [-0.4, -0.2) is 30.3 Å². The first-order valence-electron chi connectivity index (χ1n) is 8.71. The van der Waals surface area contributed by atoms with Gasteiger partial charge in [0.25, 0.3) is 5.91 Å². The van der Waals surface area contributed by atoms with Crippen LogP contribution in [0.2, 0.25) is 0 Å². The van der Waals surface area contributed by atoms with Crippen LogP contribution in [0.1, 0.15) is 24.2 Å². The van der Waals surface area contributed by atoms with Gasteiger partial charge in [-0.1, -0.05) is 29.5 Å². The number of aromatic nitrogens is 1. The first kappa shape index (κ1) is 18.4. The first-order valence-corrected chi connectivity index (χ1v) is 9.52. The molecule has 0 fully saturated rings. The fraction of sp³-hybridized carbons (Fsp3) is 0.300. The second kappa shape index (κ2) is 8.78. The fourth-order valence-electron chi connectivity index (χ4n) is 2.64. The number of thiazole rings is 1. The van der Waals surface area contributed by atoms with Crippen molar-refractivity contribution in [3.63, 3.8) is 0 Å². The number of amides is 1. The number of hydrogen-bond acceptors (Lipinski definition) is 4. The molecular weight excluding hydrogens is 348 g/mol. The van der Waals surface area contributed by atoms with E-state index in [0.717, 1.165) is 16.0 Å². The van der Waals surface area contributed by atoms with Crippen LogP contribution in [0.5, 0.6) is 5.75 Å². The normalized spacial score (nSPS) is 11.8. The summed E-state index contributed by atoms with van der Waals surface area (Å²) in [6, 6.07) is 15.1. The van der Waals surface area contributed by atoms with Gasteiger partial charge in [-0.15, -0.1) is 0 Å². The summed E-state index contributed by atoms with van der Waals surface area (Å²) in [5.41, 5.74) is 1.61. The molecule has 0 saturated carbocycles. The summed E-state index contributed by atoms with van der Waals surface area (Å²) in [4.78, 5) is 17.5. The number of benzene rings is 2. The zero-order valence-electron chi connectivity index (χ0n) is 15.0. The molecule has 1 aromatic heterocycles. The molecule has 3 rings (SSSR count). The predicted octanol–water partition coefficient (Wildman–Crippen LogP) is 3.88. The van der Waals surface area contributed by atoms with Gasteiger partial charge in [0.05, 0.1) is 23.4 Å². The molecule has 2 aromatic carbocycles. The van der Waals surface area contributed by atoms with E-state index in [1.54, 1.807) is 12.1 Å². The SMILES string of the molecule is CCOCCn1c(=NC(=O)c2ccccc2)sc2cc(OCC)ccc21. The quantitative estimate of drug-likeness (QED) is 0.593. The maximum atomic E-state index is 12.5. The maximum absolute atomic E-state index is 12.5. The summed E-state index contributed by atoms with van der Waals surface area (Å²) in [5, 5.41) is 0. The van der Waals surface area contributed by atoms with E-state index < -0.39 is 0 Å². The molecule has 5 nitrogen and oxygen atoms in total. The maximum Gasteiger partial charge on any atom is 0.279 e. The fourth-order valence-corrected chi connectivity index (χ4v) is 3.73. The van der Waals surface area contributed by atoms with Gasteiger partial charge in [0.2, 0.25) is 0 Å². The average Bonchev–Trinajstić information content (AvgIpc) is 2.99. The van der Waals surface area contributed by atoms with E-state index in [0.29, 0.717) is 36.7 Å². The molecule has 3 aromatic rings. The van der Waals surface area contributed by atoms with E-state index in [1.807, 2.05) is 54.8 Å². The zero-order valence-corrected chi connectivity index (χ0v) is 15.8. The lowest BCUT2D eigenvalue weighted by molar-refractivity contribution is 0.0996. The Kier molecular flexibility index (Phi) is 6.20. The molecule has 26 heavy (non-hydrogen) atoms. The first-order chi connectivity index (χ1) is 12.7. The van der Waals surface area contributed by atoms with Gasteiger partial charge in [-0.3, -0.25) is 4.79 Å². The van der Waals surface area contributed by atoms with Crippen LogP contribution in [0.3, 0.4) is 0 Å². The molecule has 0 aliphatic rings. The topological polar surface area (TPSA) is 52.8 Å². The number of ether oxygens (including phenoxy) is 2. The standard InChI is InChI=1S/C20H22N2O3S/c1-3-24-13-12-22-17-11-10-16(25-4-2)14-18(17)26-20(22)21-19(23)15-8-6-5-7-9-15/h5-11,14H,3-4,12-13H2,1-2H3. The van der Waals surface area contributed by atoms with Gasteiger partial charge in [0, 0.05) is 18.7 Å². The number of nitrogens with zero attached hydrogens (tertiary/aromatic N) is 2. The Morgan fingerprint density at radius 3 is 2.65 bits per heavy atom. The zero-order chi connectivity index (χ0) is 18.4. The minimum atomic E-state index is -0.243. The smallest absolute Gasteiger partial charge is 0.279 e. The van der Waals surface area contributed by atoms with Crippen molar-refractivity contribution in [3.05, 3.63) is 58.9 Å². The molecule has 0 spiro atoms. The molecule has 0 N–H and O–H groups in total. The monoisotopic (exact) mass is 370 g/mol. The number of fused-ring (bicyclic) bond motifs is 1. The Balaban J connectivity index is 2.05. The highest BCUT2D eigenvalue weighted by molar-refractivity contribution is 7.16. The third kappa shape index (κ3) is 4.20. The Morgan fingerprint density at radius 2 is 1.92 bits per heavy atom. The molecule has 1 amide bonds. The number of carbonyl (C=O) groups excluding carboxylic acids is 1. The molecule has 6 heteroatoms. The minimum Gasteiger partial charge on any atom is -0.494 e. The lowest BCUT2D eigenvalue weighted by Crippen LogP contribution is -2.19. The highest BCUT2D eigenvalue weighted by Crippen LogP contribution is 2.23. The van der Waals surface area contributed by atoms with Crippen molar-refractivity contribution < 1.29 is 14.3 Å². The lowest BCUT2D eigenvalue weighted by atomic mass is 10.2. The lowest BCUT2D eigenvalue weighted by Gasteiger charge is -2.06. The minimum absolute atomic E-state index is 0.243. The molecule has 0 aliphatic heterocycles. The van der Waals surface area contributed by atoms with Crippen molar-refractivity contribution in [1.82, 2.24) is 4.57 Å². The van der Waals surface area contributed by atoms with E-state index >= 15 is 0 Å². The van der Waals surface area contributed by atoms with Crippen molar-refractivity contribution in [2.24, 2.45) is 4.99 Å². The van der Waals surface area contributed by atoms with E-state index in [-0.39, 0.29) is 5.91 Å². The van der Waals surface area contributed by atoms with Crippen LogP contribution < -0.4 is 9.54 Å². The third-order valence-electron chi connectivity index (χ3n) is 3.85. The highest BCUT2D eigenvalue weighted by atomic mass is 32.1.